The Bertz CT molecular complexity index is 906. The molecule has 0 spiro atoms. The maximum atomic E-state index is 12.5. The van der Waals surface area contributed by atoms with Gasteiger partial charge in [0.2, 0.25) is 9.84 Å². The van der Waals surface area contributed by atoms with Crippen LogP contribution < -0.4 is 5.43 Å². The zero-order chi connectivity index (χ0) is 20.2. The monoisotopic (exact) mass is 410 g/mol. The van der Waals surface area contributed by atoms with E-state index in [1.165, 1.54) is 18.2 Å². The minimum Gasteiger partial charge on any atom is -0.296 e. The third kappa shape index (κ3) is 5.70. The van der Waals surface area contributed by atoms with Crippen LogP contribution in [0.5, 0.6) is 0 Å². The van der Waals surface area contributed by atoms with E-state index in [1.54, 1.807) is 13.0 Å². The smallest absolute Gasteiger partial charge is 0.296 e. The number of aryl methyl sites for hydroxylation is 1. The largest absolute Gasteiger partial charge is 0.410 e. The Kier molecular flexibility index (Phi) is 6.77. The lowest BCUT2D eigenvalue weighted by Gasteiger charge is -2.13. The standard InChI is InChI=1S/C11H11F3N2O2S.C4H6O2S/c1-7-3-2-4-8(5-7)19(17,18)10-6-9(15-16-10)11(12,13)14;1-3-7(5,6)4-2/h2-5,9,15H,6H2,1H3;3-4H,1-2H2. The minimum atomic E-state index is -4.52. The highest BCUT2D eigenvalue weighted by atomic mass is 32.2. The summed E-state index contributed by atoms with van der Waals surface area (Å²) < 4.78 is 81.9. The molecule has 0 saturated heterocycles. The molecule has 11 heteroatoms. The molecule has 0 bridgehead atoms. The lowest BCUT2D eigenvalue weighted by Crippen LogP contribution is -2.36. The van der Waals surface area contributed by atoms with Crippen molar-refractivity contribution >= 4 is 24.7 Å². The first-order valence-corrected chi connectivity index (χ1v) is 10.1. The first kappa shape index (κ1) is 21.9. The van der Waals surface area contributed by atoms with Gasteiger partial charge in [0.15, 0.2) is 14.9 Å². The van der Waals surface area contributed by atoms with Crippen LogP contribution in [0.2, 0.25) is 0 Å². The number of alkyl halides is 3. The summed E-state index contributed by atoms with van der Waals surface area (Å²) in [7, 11) is -7.10. The topological polar surface area (TPSA) is 92.7 Å². The van der Waals surface area contributed by atoms with Crippen molar-refractivity contribution in [2.75, 3.05) is 0 Å². The summed E-state index contributed by atoms with van der Waals surface area (Å²) in [4.78, 5) is -0.0455. The lowest BCUT2D eigenvalue weighted by molar-refractivity contribution is -0.151. The van der Waals surface area contributed by atoms with Gasteiger partial charge < -0.3 is 0 Å². The number of benzene rings is 1. The van der Waals surface area contributed by atoms with Gasteiger partial charge in [-0.25, -0.2) is 16.8 Å². The second-order valence-corrected chi connectivity index (χ2v) is 8.97. The van der Waals surface area contributed by atoms with E-state index in [4.69, 9.17) is 0 Å². The van der Waals surface area contributed by atoms with Crippen molar-refractivity contribution in [1.82, 2.24) is 5.43 Å². The Morgan fingerprint density at radius 2 is 1.77 bits per heavy atom. The fourth-order valence-corrected chi connectivity index (χ4v) is 3.33. The van der Waals surface area contributed by atoms with E-state index in [2.05, 4.69) is 18.3 Å². The van der Waals surface area contributed by atoms with Gasteiger partial charge in [0.05, 0.1) is 4.90 Å². The molecule has 0 aromatic heterocycles. The third-order valence-corrected chi connectivity index (χ3v) is 5.88. The molecule has 1 aliphatic heterocycles. The number of nitrogens with one attached hydrogen (secondary N) is 1. The zero-order valence-corrected chi connectivity index (χ0v) is 15.3. The summed E-state index contributed by atoms with van der Waals surface area (Å²) in [5, 5.41) is 4.53. The first-order valence-electron chi connectivity index (χ1n) is 7.04. The van der Waals surface area contributed by atoms with Gasteiger partial charge in [0.25, 0.3) is 0 Å². The SMILES string of the molecule is C=CS(=O)(=O)C=C.Cc1cccc(S(=O)(=O)C2=NNC(C(F)(F)F)C2)c1. The molecule has 1 unspecified atom stereocenters. The molecule has 0 amide bonds. The number of nitrogens with zero attached hydrogens (tertiary/aromatic N) is 1. The maximum Gasteiger partial charge on any atom is 0.410 e. The van der Waals surface area contributed by atoms with Crippen molar-refractivity contribution in [3.8, 4) is 0 Å². The Morgan fingerprint density at radius 1 is 1.19 bits per heavy atom. The van der Waals surface area contributed by atoms with Gasteiger partial charge in [-0.2, -0.15) is 18.3 Å². The van der Waals surface area contributed by atoms with Crippen LogP contribution in [0.15, 0.2) is 58.2 Å². The van der Waals surface area contributed by atoms with E-state index in [1.807, 2.05) is 5.43 Å². The number of hydrazone groups is 1. The fourth-order valence-electron chi connectivity index (χ4n) is 1.76. The van der Waals surface area contributed by atoms with Crippen LogP contribution in [0.3, 0.4) is 0 Å². The Morgan fingerprint density at radius 3 is 2.15 bits per heavy atom. The van der Waals surface area contributed by atoms with Crippen LogP contribution in [-0.2, 0) is 19.7 Å². The molecule has 26 heavy (non-hydrogen) atoms. The van der Waals surface area contributed by atoms with Crippen molar-refractivity contribution in [3.05, 3.63) is 53.8 Å². The summed E-state index contributed by atoms with van der Waals surface area (Å²) in [5.74, 6) is 0. The molecule has 1 aromatic rings. The number of rotatable bonds is 3. The fraction of sp³-hybridized carbons (Fsp3) is 0.267. The molecule has 1 N–H and O–H groups in total. The number of hydrogen-bond donors (Lipinski definition) is 1. The molecule has 1 atom stereocenters. The quantitative estimate of drug-likeness (QED) is 0.827. The number of halogens is 3. The van der Waals surface area contributed by atoms with Crippen LogP contribution >= 0.6 is 0 Å². The van der Waals surface area contributed by atoms with Crippen molar-refractivity contribution in [3.63, 3.8) is 0 Å². The molecule has 0 fully saturated rings. The van der Waals surface area contributed by atoms with E-state index in [0.717, 1.165) is 10.8 Å². The van der Waals surface area contributed by atoms with Gasteiger partial charge >= 0.3 is 6.18 Å². The average molecular weight is 410 g/mol. The highest BCUT2D eigenvalue weighted by Crippen LogP contribution is 2.28. The van der Waals surface area contributed by atoms with Gasteiger partial charge in [-0.1, -0.05) is 25.3 Å². The lowest BCUT2D eigenvalue weighted by atomic mass is 10.2. The molecule has 0 aliphatic carbocycles. The third-order valence-electron chi connectivity index (χ3n) is 3.19. The van der Waals surface area contributed by atoms with Gasteiger partial charge in [0, 0.05) is 17.2 Å². The van der Waals surface area contributed by atoms with Crippen molar-refractivity contribution < 1.29 is 30.0 Å². The van der Waals surface area contributed by atoms with Gasteiger partial charge in [-0.05, 0) is 24.6 Å². The molecule has 0 radical (unpaired) electrons. The summed E-state index contributed by atoms with van der Waals surface area (Å²) >= 11 is 0. The number of sulfone groups is 2. The molecule has 0 saturated carbocycles. The van der Waals surface area contributed by atoms with Crippen LogP contribution in [-0.4, -0.2) is 34.1 Å². The second-order valence-electron chi connectivity index (χ2n) is 5.18. The molecule has 6 nitrogen and oxygen atoms in total. The molecule has 1 heterocycles. The number of hydrogen-bond acceptors (Lipinski definition) is 6. The van der Waals surface area contributed by atoms with E-state index >= 15 is 0 Å². The minimum absolute atomic E-state index is 0.0455. The predicted molar refractivity (Wildman–Crippen MR) is 92.7 cm³/mol. The van der Waals surface area contributed by atoms with Gasteiger partial charge in [-0.3, -0.25) is 5.43 Å². The van der Waals surface area contributed by atoms with Gasteiger partial charge in [-0.15, -0.1) is 0 Å². The Labute approximate surface area is 149 Å². The van der Waals surface area contributed by atoms with Crippen molar-refractivity contribution in [2.45, 2.75) is 30.5 Å². The molecule has 2 rings (SSSR count). The van der Waals surface area contributed by atoms with Crippen LogP contribution in [0.1, 0.15) is 12.0 Å². The molecule has 1 aromatic carbocycles. The van der Waals surface area contributed by atoms with Crippen LogP contribution in [0.4, 0.5) is 13.2 Å². The Balaban J connectivity index is 0.000000412. The molecule has 144 valence electrons. The van der Waals surface area contributed by atoms with E-state index < -0.39 is 43.4 Å². The summed E-state index contributed by atoms with van der Waals surface area (Å²) in [6.45, 7) is 7.79. The maximum absolute atomic E-state index is 12.5. The average Bonchev–Trinajstić information content (AvgIpc) is 3.06. The summed E-state index contributed by atoms with van der Waals surface area (Å²) in [6.07, 6.45) is -5.20. The van der Waals surface area contributed by atoms with E-state index in [9.17, 15) is 30.0 Å². The Hall–Kier alpha value is -2.14. The van der Waals surface area contributed by atoms with E-state index in [0.29, 0.717) is 5.56 Å². The second kappa shape index (κ2) is 8.04. The van der Waals surface area contributed by atoms with Crippen LogP contribution in [0.25, 0.3) is 0 Å². The molecular formula is C15H17F3N2O4S2. The highest BCUT2D eigenvalue weighted by molar-refractivity contribution is 8.06. The van der Waals surface area contributed by atoms with Crippen molar-refractivity contribution in [1.29, 1.82) is 0 Å². The summed E-state index contributed by atoms with van der Waals surface area (Å²) in [6, 6.07) is 4.03. The first-order chi connectivity index (χ1) is 11.8. The normalized spacial score (nSPS) is 17.4. The van der Waals surface area contributed by atoms with Crippen LogP contribution in [0, 0.1) is 6.92 Å². The van der Waals surface area contributed by atoms with Crippen molar-refractivity contribution in [2.24, 2.45) is 5.10 Å². The molecule has 1 aliphatic rings. The highest BCUT2D eigenvalue weighted by Gasteiger charge is 2.45. The zero-order valence-electron chi connectivity index (χ0n) is 13.7. The van der Waals surface area contributed by atoms with E-state index in [-0.39, 0.29) is 4.90 Å². The summed E-state index contributed by atoms with van der Waals surface area (Å²) in [5.41, 5.74) is 2.53. The predicted octanol–water partition coefficient (Wildman–Crippen LogP) is 2.69. The molecular weight excluding hydrogens is 393 g/mol. The van der Waals surface area contributed by atoms with Gasteiger partial charge in [0.1, 0.15) is 6.04 Å².